The van der Waals surface area contributed by atoms with Crippen LogP contribution < -0.4 is 0 Å². The highest BCUT2D eigenvalue weighted by atomic mass is 32.2. The van der Waals surface area contributed by atoms with E-state index in [1.54, 1.807) is 24.3 Å². The van der Waals surface area contributed by atoms with Crippen LogP contribution in [0.1, 0.15) is 31.1 Å². The Bertz CT molecular complexity index is 1050. The lowest BCUT2D eigenvalue weighted by Gasteiger charge is -2.35. The molecular formula is C17H16N2O4S2. The van der Waals surface area contributed by atoms with E-state index in [1.165, 1.54) is 0 Å². The van der Waals surface area contributed by atoms with Gasteiger partial charge in [-0.2, -0.15) is 9.57 Å². The Morgan fingerprint density at radius 1 is 1.36 bits per heavy atom. The van der Waals surface area contributed by atoms with Crippen LogP contribution in [0.4, 0.5) is 0 Å². The van der Waals surface area contributed by atoms with Gasteiger partial charge in [0.2, 0.25) is 10.0 Å². The summed E-state index contributed by atoms with van der Waals surface area (Å²) in [5.74, 6) is -1.10. The second kappa shape index (κ2) is 5.04. The minimum Gasteiger partial charge on any atom is -0.480 e. The summed E-state index contributed by atoms with van der Waals surface area (Å²) in [7, 11) is -4.10. The van der Waals surface area contributed by atoms with E-state index in [2.05, 4.69) is 0 Å². The number of carboxylic acids is 1. The molecule has 1 saturated heterocycles. The molecule has 25 heavy (non-hydrogen) atoms. The Morgan fingerprint density at radius 2 is 2.08 bits per heavy atom. The molecule has 1 aromatic carbocycles. The average Bonchev–Trinajstić information content (AvgIpc) is 3.21. The van der Waals surface area contributed by atoms with Crippen molar-refractivity contribution in [2.45, 2.75) is 36.6 Å². The second-order valence-corrected chi connectivity index (χ2v) is 10.1. The van der Waals surface area contributed by atoms with Gasteiger partial charge in [0, 0.05) is 16.6 Å². The summed E-state index contributed by atoms with van der Waals surface area (Å²) in [6.45, 7) is 2.11. The maximum atomic E-state index is 13.4. The molecule has 6 nitrogen and oxygen atoms in total. The van der Waals surface area contributed by atoms with E-state index in [9.17, 15) is 23.6 Å². The molecule has 1 saturated carbocycles. The third-order valence-corrected chi connectivity index (χ3v) is 8.67. The lowest BCUT2D eigenvalue weighted by Crippen LogP contribution is -2.53. The van der Waals surface area contributed by atoms with Crippen LogP contribution >= 0.6 is 11.3 Å². The van der Waals surface area contributed by atoms with Gasteiger partial charge >= 0.3 is 5.97 Å². The third kappa shape index (κ3) is 2.09. The fourth-order valence-corrected chi connectivity index (χ4v) is 7.84. The lowest BCUT2D eigenvalue weighted by molar-refractivity contribution is -0.147. The summed E-state index contributed by atoms with van der Waals surface area (Å²) in [6.07, 6.45) is 1.32. The molecule has 2 bridgehead atoms. The largest absolute Gasteiger partial charge is 0.480 e. The number of sulfonamides is 1. The second-order valence-electron chi connectivity index (χ2n) is 7.20. The molecule has 130 valence electrons. The quantitative estimate of drug-likeness (QED) is 0.888. The van der Waals surface area contributed by atoms with Crippen LogP contribution in [0, 0.1) is 16.7 Å². The zero-order valence-corrected chi connectivity index (χ0v) is 15.2. The van der Waals surface area contributed by atoms with E-state index in [4.69, 9.17) is 0 Å². The molecule has 2 aromatic rings. The van der Waals surface area contributed by atoms with Gasteiger partial charge in [-0.05, 0) is 30.7 Å². The van der Waals surface area contributed by atoms with Crippen molar-refractivity contribution in [3.63, 3.8) is 0 Å². The van der Waals surface area contributed by atoms with Gasteiger partial charge in [0.05, 0.1) is 0 Å². The van der Waals surface area contributed by atoms with Crippen LogP contribution in [0.2, 0.25) is 0 Å². The Kier molecular flexibility index (Phi) is 3.33. The van der Waals surface area contributed by atoms with Crippen molar-refractivity contribution in [2.24, 2.45) is 5.41 Å². The molecule has 0 spiro atoms. The standard InChI is InChI=1S/C17H16N2O4S2/c1-16-6-7-17(9-16,15(20)21)19(10-16)25(22,23)14-11-4-2-3-5-12(11)24-13(14)8-18/h2-5H,6-7,9-10H2,1H3,(H,20,21). The summed E-state index contributed by atoms with van der Waals surface area (Å²) in [4.78, 5) is 12.1. The Labute approximate surface area is 149 Å². The fourth-order valence-electron chi connectivity index (χ4n) is 4.30. The zero-order chi connectivity index (χ0) is 18.0. The van der Waals surface area contributed by atoms with Crippen LogP contribution in [0.3, 0.4) is 0 Å². The summed E-state index contributed by atoms with van der Waals surface area (Å²) < 4.78 is 28.7. The summed E-state index contributed by atoms with van der Waals surface area (Å²) in [5.41, 5.74) is -1.73. The monoisotopic (exact) mass is 376 g/mol. The average molecular weight is 376 g/mol. The normalized spacial score (nSPS) is 29.1. The molecule has 2 heterocycles. The van der Waals surface area contributed by atoms with Gasteiger partial charge in [0.15, 0.2) is 0 Å². The van der Waals surface area contributed by atoms with Gasteiger partial charge in [-0.3, -0.25) is 4.79 Å². The first-order valence-electron chi connectivity index (χ1n) is 7.91. The minimum absolute atomic E-state index is 0.0487. The molecule has 2 aliphatic rings. The van der Waals surface area contributed by atoms with Crippen molar-refractivity contribution in [2.75, 3.05) is 6.54 Å². The molecule has 0 amide bonds. The van der Waals surface area contributed by atoms with E-state index < -0.39 is 21.5 Å². The van der Waals surface area contributed by atoms with Gasteiger partial charge in [-0.1, -0.05) is 25.1 Å². The smallest absolute Gasteiger partial charge is 0.325 e. The Morgan fingerprint density at radius 3 is 2.72 bits per heavy atom. The number of hydrogen-bond acceptors (Lipinski definition) is 5. The highest BCUT2D eigenvalue weighted by Crippen LogP contribution is 2.56. The number of benzene rings is 1. The molecule has 2 fully saturated rings. The van der Waals surface area contributed by atoms with Gasteiger partial charge in [-0.25, -0.2) is 8.42 Å². The Balaban J connectivity index is 1.95. The van der Waals surface area contributed by atoms with E-state index in [0.717, 1.165) is 15.6 Å². The highest BCUT2D eigenvalue weighted by molar-refractivity contribution is 7.89. The minimum atomic E-state index is -4.10. The number of nitriles is 1. The number of hydrogen-bond donors (Lipinski definition) is 1. The van der Waals surface area contributed by atoms with Crippen LogP contribution in [-0.2, 0) is 14.8 Å². The van der Waals surface area contributed by atoms with Gasteiger partial charge < -0.3 is 5.11 Å². The number of nitrogens with zero attached hydrogens (tertiary/aromatic N) is 2. The molecule has 1 aliphatic heterocycles. The van der Waals surface area contributed by atoms with Gasteiger partial charge in [-0.15, -0.1) is 11.3 Å². The Hall–Kier alpha value is -1.95. The SMILES string of the molecule is CC12CCC(C(=O)O)(C1)N(S(=O)(=O)c1c(C#N)sc3ccccc13)C2. The lowest BCUT2D eigenvalue weighted by atomic mass is 9.90. The van der Waals surface area contributed by atoms with Gasteiger partial charge in [0.25, 0.3) is 0 Å². The topological polar surface area (TPSA) is 98.5 Å². The van der Waals surface area contributed by atoms with E-state index in [0.29, 0.717) is 29.3 Å². The molecule has 1 aromatic heterocycles. The van der Waals surface area contributed by atoms with Crippen molar-refractivity contribution in [3.8, 4) is 6.07 Å². The molecule has 8 heteroatoms. The maximum absolute atomic E-state index is 13.4. The first-order valence-corrected chi connectivity index (χ1v) is 10.2. The van der Waals surface area contributed by atoms with Crippen molar-refractivity contribution < 1.29 is 18.3 Å². The van der Waals surface area contributed by atoms with Crippen molar-refractivity contribution in [1.82, 2.24) is 4.31 Å². The molecule has 2 unspecified atom stereocenters. The van der Waals surface area contributed by atoms with E-state index >= 15 is 0 Å². The number of rotatable bonds is 3. The van der Waals surface area contributed by atoms with Crippen LogP contribution in [0.5, 0.6) is 0 Å². The molecule has 1 aliphatic carbocycles. The fraction of sp³-hybridized carbons (Fsp3) is 0.412. The number of carboxylic acid groups (broad SMARTS) is 1. The van der Waals surface area contributed by atoms with Crippen LogP contribution in [0.25, 0.3) is 10.1 Å². The number of thiophene rings is 1. The van der Waals surface area contributed by atoms with Crippen molar-refractivity contribution >= 4 is 37.4 Å². The summed E-state index contributed by atoms with van der Waals surface area (Å²) in [5, 5.41) is 19.7. The predicted molar refractivity (Wildman–Crippen MR) is 92.8 cm³/mol. The summed E-state index contributed by atoms with van der Waals surface area (Å²) in [6, 6.07) is 8.92. The van der Waals surface area contributed by atoms with Gasteiger partial charge in [0.1, 0.15) is 21.4 Å². The van der Waals surface area contributed by atoms with E-state index in [1.807, 2.05) is 13.0 Å². The number of aliphatic carboxylic acids is 1. The molecule has 0 radical (unpaired) electrons. The number of carbonyl (C=O) groups is 1. The van der Waals surface area contributed by atoms with Crippen molar-refractivity contribution in [3.05, 3.63) is 29.1 Å². The summed E-state index contributed by atoms with van der Waals surface area (Å²) >= 11 is 1.12. The zero-order valence-electron chi connectivity index (χ0n) is 13.5. The van der Waals surface area contributed by atoms with E-state index in [-0.39, 0.29) is 21.7 Å². The predicted octanol–water partition coefficient (Wildman–Crippen LogP) is 2.79. The third-order valence-electron chi connectivity index (χ3n) is 5.46. The molecule has 2 atom stereocenters. The van der Waals surface area contributed by atoms with Crippen LogP contribution in [0.15, 0.2) is 29.2 Å². The highest BCUT2D eigenvalue weighted by Gasteiger charge is 2.65. The number of fused-ring (bicyclic) bond motifs is 3. The molecule has 4 rings (SSSR count). The maximum Gasteiger partial charge on any atom is 0.325 e. The van der Waals surface area contributed by atoms with Crippen LogP contribution in [-0.4, -0.2) is 35.9 Å². The number of piperidine rings is 1. The first kappa shape index (κ1) is 16.5. The van der Waals surface area contributed by atoms with Crippen molar-refractivity contribution in [1.29, 1.82) is 5.26 Å². The molecule has 1 N–H and O–H groups in total. The first-order chi connectivity index (χ1) is 11.7. The molecular weight excluding hydrogens is 360 g/mol.